The fourth-order valence-corrected chi connectivity index (χ4v) is 1.50. The largest absolute Gasteiger partial charge is 0.496 e. The number of hydrogen-bond acceptors (Lipinski definition) is 3. The van der Waals surface area contributed by atoms with Crippen molar-refractivity contribution in [2.24, 2.45) is 5.41 Å². The Labute approximate surface area is 107 Å². The van der Waals surface area contributed by atoms with Crippen LogP contribution < -0.4 is 10.1 Å². The van der Waals surface area contributed by atoms with Crippen LogP contribution in [0, 0.1) is 5.41 Å². The number of nitrogens with one attached hydrogen (secondary N) is 1. The minimum atomic E-state index is -0.444. The van der Waals surface area contributed by atoms with E-state index in [1.54, 1.807) is 18.2 Å². The van der Waals surface area contributed by atoms with E-state index in [1.165, 1.54) is 7.11 Å². The van der Waals surface area contributed by atoms with Gasteiger partial charge in [0.15, 0.2) is 6.29 Å². The summed E-state index contributed by atoms with van der Waals surface area (Å²) in [4.78, 5) is 22.8. The zero-order chi connectivity index (χ0) is 13.8. The van der Waals surface area contributed by atoms with Crippen molar-refractivity contribution in [3.05, 3.63) is 29.3 Å². The fourth-order valence-electron chi connectivity index (χ4n) is 1.50. The molecule has 1 N–H and O–H groups in total. The normalized spacial score (nSPS) is 10.9. The van der Waals surface area contributed by atoms with Crippen molar-refractivity contribution in [1.82, 2.24) is 5.32 Å². The lowest BCUT2D eigenvalue weighted by molar-refractivity contribution is -0.128. The van der Waals surface area contributed by atoms with Gasteiger partial charge >= 0.3 is 0 Å². The summed E-state index contributed by atoms with van der Waals surface area (Å²) in [6.45, 7) is 5.85. The number of ether oxygens (including phenoxy) is 1. The third-order valence-corrected chi connectivity index (χ3v) is 2.61. The van der Waals surface area contributed by atoms with Crippen LogP contribution in [0.15, 0.2) is 18.2 Å². The van der Waals surface area contributed by atoms with Gasteiger partial charge in [0.25, 0.3) is 0 Å². The Morgan fingerprint density at radius 3 is 2.56 bits per heavy atom. The van der Waals surface area contributed by atoms with E-state index in [4.69, 9.17) is 4.74 Å². The van der Waals surface area contributed by atoms with Crippen molar-refractivity contribution < 1.29 is 14.3 Å². The molecule has 0 aliphatic carbocycles. The Balaban J connectivity index is 2.86. The summed E-state index contributed by atoms with van der Waals surface area (Å²) in [7, 11) is 1.51. The van der Waals surface area contributed by atoms with Crippen LogP contribution in [0.25, 0.3) is 0 Å². The van der Waals surface area contributed by atoms with Gasteiger partial charge in [0.1, 0.15) is 5.75 Å². The van der Waals surface area contributed by atoms with Crippen LogP contribution in [0.5, 0.6) is 5.75 Å². The van der Waals surface area contributed by atoms with E-state index in [-0.39, 0.29) is 5.91 Å². The highest BCUT2D eigenvalue weighted by atomic mass is 16.5. The average molecular weight is 249 g/mol. The fraction of sp³-hybridized carbons (Fsp3) is 0.429. The molecule has 0 fully saturated rings. The van der Waals surface area contributed by atoms with Gasteiger partial charge in [-0.1, -0.05) is 32.9 Å². The molecule has 0 radical (unpaired) electrons. The van der Waals surface area contributed by atoms with Gasteiger partial charge in [-0.2, -0.15) is 0 Å². The number of methoxy groups -OCH3 is 1. The third kappa shape index (κ3) is 3.32. The maximum absolute atomic E-state index is 11.8. The Morgan fingerprint density at radius 1 is 1.39 bits per heavy atom. The molecule has 0 saturated heterocycles. The summed E-state index contributed by atoms with van der Waals surface area (Å²) in [5.41, 5.74) is 0.788. The number of benzene rings is 1. The third-order valence-electron chi connectivity index (χ3n) is 2.61. The van der Waals surface area contributed by atoms with Crippen molar-refractivity contribution in [2.75, 3.05) is 7.11 Å². The second-order valence-electron chi connectivity index (χ2n) is 5.08. The lowest BCUT2D eigenvalue weighted by Gasteiger charge is -2.18. The van der Waals surface area contributed by atoms with Gasteiger partial charge in [-0.05, 0) is 11.6 Å². The SMILES string of the molecule is COc1cccc(CNC(=O)C(C)(C)C)c1C=O. The summed E-state index contributed by atoms with van der Waals surface area (Å²) in [5, 5.41) is 2.81. The van der Waals surface area contributed by atoms with Gasteiger partial charge in [0.2, 0.25) is 5.91 Å². The second kappa shape index (κ2) is 5.67. The van der Waals surface area contributed by atoms with E-state index in [0.717, 1.165) is 11.8 Å². The van der Waals surface area contributed by atoms with Crippen LogP contribution in [0.4, 0.5) is 0 Å². The van der Waals surface area contributed by atoms with Crippen molar-refractivity contribution in [3.63, 3.8) is 0 Å². The molecule has 1 rings (SSSR count). The van der Waals surface area contributed by atoms with Crippen molar-refractivity contribution >= 4 is 12.2 Å². The lowest BCUT2D eigenvalue weighted by atomic mass is 9.95. The van der Waals surface area contributed by atoms with Crippen LogP contribution in [0.3, 0.4) is 0 Å². The van der Waals surface area contributed by atoms with Crippen LogP contribution in [0.2, 0.25) is 0 Å². The van der Waals surface area contributed by atoms with E-state index >= 15 is 0 Å². The molecule has 0 atom stereocenters. The molecule has 4 nitrogen and oxygen atoms in total. The second-order valence-corrected chi connectivity index (χ2v) is 5.08. The summed E-state index contributed by atoms with van der Waals surface area (Å²) < 4.78 is 5.11. The molecule has 0 heterocycles. The quantitative estimate of drug-likeness (QED) is 0.832. The molecule has 0 aromatic heterocycles. The number of aldehydes is 1. The summed E-state index contributed by atoms with van der Waals surface area (Å²) in [6, 6.07) is 5.32. The van der Waals surface area contributed by atoms with Crippen molar-refractivity contribution in [1.29, 1.82) is 0 Å². The molecule has 0 bridgehead atoms. The van der Waals surface area contributed by atoms with Gasteiger partial charge in [0.05, 0.1) is 12.7 Å². The highest BCUT2D eigenvalue weighted by Gasteiger charge is 2.21. The minimum Gasteiger partial charge on any atom is -0.496 e. The van der Waals surface area contributed by atoms with Crippen LogP contribution in [0.1, 0.15) is 36.7 Å². The van der Waals surface area contributed by atoms with Gasteiger partial charge in [-0.15, -0.1) is 0 Å². The highest BCUT2D eigenvalue weighted by Crippen LogP contribution is 2.20. The maximum Gasteiger partial charge on any atom is 0.225 e. The standard InChI is InChI=1S/C14H19NO3/c1-14(2,3)13(17)15-8-10-6-5-7-12(18-4)11(10)9-16/h5-7,9H,8H2,1-4H3,(H,15,17). The molecular formula is C14H19NO3. The molecule has 98 valence electrons. The highest BCUT2D eigenvalue weighted by molar-refractivity contribution is 5.83. The van der Waals surface area contributed by atoms with Crippen LogP contribution in [-0.4, -0.2) is 19.3 Å². The summed E-state index contributed by atoms with van der Waals surface area (Å²) >= 11 is 0. The molecule has 0 spiro atoms. The van der Waals surface area contributed by atoms with Gasteiger partial charge in [0, 0.05) is 12.0 Å². The van der Waals surface area contributed by atoms with E-state index < -0.39 is 5.41 Å². The number of amides is 1. The van der Waals surface area contributed by atoms with Crippen molar-refractivity contribution in [2.45, 2.75) is 27.3 Å². The molecule has 1 aromatic rings. The number of hydrogen-bond donors (Lipinski definition) is 1. The smallest absolute Gasteiger partial charge is 0.225 e. The number of rotatable bonds is 4. The molecule has 0 aliphatic rings. The molecule has 0 aliphatic heterocycles. The van der Waals surface area contributed by atoms with E-state index in [9.17, 15) is 9.59 Å². The van der Waals surface area contributed by atoms with E-state index in [0.29, 0.717) is 17.9 Å². The molecule has 1 amide bonds. The van der Waals surface area contributed by atoms with Crippen molar-refractivity contribution in [3.8, 4) is 5.75 Å². The van der Waals surface area contributed by atoms with E-state index in [2.05, 4.69) is 5.32 Å². The minimum absolute atomic E-state index is 0.0535. The molecular weight excluding hydrogens is 230 g/mol. The predicted octanol–water partition coefficient (Wildman–Crippen LogP) is 2.17. The Morgan fingerprint density at radius 2 is 2.06 bits per heavy atom. The molecule has 18 heavy (non-hydrogen) atoms. The summed E-state index contributed by atoms with van der Waals surface area (Å²) in [5.74, 6) is 0.467. The first-order valence-electron chi connectivity index (χ1n) is 5.79. The molecule has 0 unspecified atom stereocenters. The molecule has 1 aromatic carbocycles. The Kier molecular flexibility index (Phi) is 4.48. The predicted molar refractivity (Wildman–Crippen MR) is 69.7 cm³/mol. The van der Waals surface area contributed by atoms with Gasteiger partial charge in [-0.25, -0.2) is 0 Å². The molecule has 4 heteroatoms. The van der Waals surface area contributed by atoms with Gasteiger partial charge < -0.3 is 10.1 Å². The number of carbonyl (C=O) groups is 2. The first-order valence-corrected chi connectivity index (χ1v) is 5.79. The van der Waals surface area contributed by atoms with E-state index in [1.807, 2.05) is 20.8 Å². The lowest BCUT2D eigenvalue weighted by Crippen LogP contribution is -2.34. The average Bonchev–Trinajstić information content (AvgIpc) is 2.33. The van der Waals surface area contributed by atoms with Gasteiger partial charge in [-0.3, -0.25) is 9.59 Å². The maximum atomic E-state index is 11.8. The van der Waals surface area contributed by atoms with Crippen LogP contribution >= 0.6 is 0 Å². The number of carbonyl (C=O) groups excluding carboxylic acids is 2. The Hall–Kier alpha value is -1.84. The first-order chi connectivity index (χ1) is 8.40. The zero-order valence-electron chi connectivity index (χ0n) is 11.2. The zero-order valence-corrected chi connectivity index (χ0v) is 11.2. The Bertz CT molecular complexity index is 447. The monoisotopic (exact) mass is 249 g/mol. The first kappa shape index (κ1) is 14.2. The summed E-state index contributed by atoms with van der Waals surface area (Å²) in [6.07, 6.45) is 0.747. The van der Waals surface area contributed by atoms with Crippen LogP contribution in [-0.2, 0) is 11.3 Å². The topological polar surface area (TPSA) is 55.4 Å². The molecule has 0 saturated carbocycles.